The van der Waals surface area contributed by atoms with Gasteiger partial charge in [0.05, 0.1) is 12.7 Å². The highest BCUT2D eigenvalue weighted by Crippen LogP contribution is 2.21. The third-order valence-corrected chi connectivity index (χ3v) is 6.25. The summed E-state index contributed by atoms with van der Waals surface area (Å²) >= 11 is 0. The Morgan fingerprint density at radius 1 is 0.705 bits per heavy atom. The maximum absolute atomic E-state index is 11.8. The summed E-state index contributed by atoms with van der Waals surface area (Å²) in [6.45, 7) is 12.6. The third-order valence-electron chi connectivity index (χ3n) is 6.25. The molecule has 0 aliphatic heterocycles. The van der Waals surface area contributed by atoms with Crippen molar-refractivity contribution in [1.29, 1.82) is 0 Å². The minimum absolute atomic E-state index is 0.0214. The quantitative estimate of drug-likeness (QED) is 0.101. The highest BCUT2D eigenvalue weighted by atomic mass is 16.5. The second-order valence-electron chi connectivity index (χ2n) is 11.2. The zero-order chi connectivity index (χ0) is 33.4. The molecule has 0 unspecified atom stereocenters. The largest absolute Gasteiger partial charge is 0.497 e. The van der Waals surface area contributed by atoms with Crippen molar-refractivity contribution in [3.05, 3.63) is 95.6 Å². The molecule has 44 heavy (non-hydrogen) atoms. The molecule has 0 heterocycles. The molecule has 0 saturated carbocycles. The number of Topliss-reactive ketones (excluding diaryl/α,β-unsaturated/α-hetero) is 2. The van der Waals surface area contributed by atoms with Crippen molar-refractivity contribution in [2.75, 3.05) is 26.1 Å². The summed E-state index contributed by atoms with van der Waals surface area (Å²) in [7, 11) is 5.60. The number of rotatable bonds is 10. The van der Waals surface area contributed by atoms with Gasteiger partial charge >= 0.3 is 5.97 Å². The van der Waals surface area contributed by atoms with E-state index >= 15 is 0 Å². The fourth-order valence-corrected chi connectivity index (χ4v) is 3.57. The van der Waals surface area contributed by atoms with Crippen LogP contribution in [0.2, 0.25) is 0 Å². The molecule has 0 saturated heterocycles. The van der Waals surface area contributed by atoms with Crippen molar-refractivity contribution >= 4 is 35.1 Å². The fourth-order valence-electron chi connectivity index (χ4n) is 3.57. The minimum atomic E-state index is -0.418. The number of ether oxygens (including phenoxy) is 2. The fraction of sp³-hybridized carbons (Fsp3) is 0.351. The summed E-state index contributed by atoms with van der Waals surface area (Å²) in [5.74, 6) is 1.08. The number of ketones is 3. The van der Waals surface area contributed by atoms with Gasteiger partial charge in [0.1, 0.15) is 11.5 Å². The number of allylic oxidation sites excluding steroid dienone is 1. The molecule has 0 amide bonds. The van der Waals surface area contributed by atoms with Crippen molar-refractivity contribution in [1.82, 2.24) is 0 Å². The Balaban J connectivity index is 0.000000330. The Bertz CT molecular complexity index is 1380. The lowest BCUT2D eigenvalue weighted by Gasteiger charge is -2.12. The van der Waals surface area contributed by atoms with Crippen LogP contribution in [0.5, 0.6) is 11.5 Å². The van der Waals surface area contributed by atoms with Gasteiger partial charge in [0.2, 0.25) is 0 Å². The summed E-state index contributed by atoms with van der Waals surface area (Å²) in [6.07, 6.45) is 3.44. The van der Waals surface area contributed by atoms with E-state index < -0.39 is 5.97 Å². The van der Waals surface area contributed by atoms with Crippen LogP contribution in [0.1, 0.15) is 74.7 Å². The molecule has 7 heteroatoms. The van der Waals surface area contributed by atoms with Crippen molar-refractivity contribution in [2.24, 2.45) is 17.8 Å². The number of nitrogens with zero attached hydrogens (tertiary/aromatic N) is 1. The van der Waals surface area contributed by atoms with E-state index in [2.05, 4.69) is 0 Å². The van der Waals surface area contributed by atoms with Gasteiger partial charge in [-0.2, -0.15) is 0 Å². The van der Waals surface area contributed by atoms with E-state index in [1.807, 2.05) is 115 Å². The molecule has 0 aromatic heterocycles. The lowest BCUT2D eigenvalue weighted by atomic mass is 10.0. The van der Waals surface area contributed by atoms with E-state index in [-0.39, 0.29) is 35.1 Å². The van der Waals surface area contributed by atoms with Gasteiger partial charge in [-0.3, -0.25) is 19.2 Å². The van der Waals surface area contributed by atoms with Gasteiger partial charge in [-0.25, -0.2) is 0 Å². The van der Waals surface area contributed by atoms with Crippen LogP contribution in [0, 0.1) is 17.8 Å². The zero-order valence-electron chi connectivity index (χ0n) is 27.7. The number of anilines is 1. The molecule has 236 valence electrons. The molecule has 7 nitrogen and oxygen atoms in total. The summed E-state index contributed by atoms with van der Waals surface area (Å²) in [4.78, 5) is 47.5. The minimum Gasteiger partial charge on any atom is -0.497 e. The topological polar surface area (TPSA) is 90.0 Å². The molecule has 0 atom stereocenters. The number of benzene rings is 3. The Labute approximate surface area is 262 Å². The highest BCUT2D eigenvalue weighted by Gasteiger charge is 2.16. The summed E-state index contributed by atoms with van der Waals surface area (Å²) in [5, 5.41) is 0. The molecule has 0 radical (unpaired) electrons. The number of para-hydroxylation sites is 1. The lowest BCUT2D eigenvalue weighted by Crippen LogP contribution is -2.11. The van der Waals surface area contributed by atoms with Crippen molar-refractivity contribution in [3.63, 3.8) is 0 Å². The van der Waals surface area contributed by atoms with Gasteiger partial charge in [-0.05, 0) is 60.2 Å². The van der Waals surface area contributed by atoms with Crippen LogP contribution in [-0.4, -0.2) is 44.5 Å². The highest BCUT2D eigenvalue weighted by molar-refractivity contribution is 6.00. The van der Waals surface area contributed by atoms with Gasteiger partial charge in [-0.15, -0.1) is 0 Å². The van der Waals surface area contributed by atoms with Gasteiger partial charge in [0, 0.05) is 50.0 Å². The van der Waals surface area contributed by atoms with Gasteiger partial charge in [0.25, 0.3) is 0 Å². The first kappa shape index (κ1) is 37.5. The van der Waals surface area contributed by atoms with Crippen LogP contribution in [0.15, 0.2) is 78.9 Å². The molecule has 3 rings (SSSR count). The van der Waals surface area contributed by atoms with Gasteiger partial charge in [-0.1, -0.05) is 71.9 Å². The summed E-state index contributed by atoms with van der Waals surface area (Å²) < 4.78 is 10.00. The number of hydrogen-bond donors (Lipinski definition) is 0. The van der Waals surface area contributed by atoms with E-state index in [1.54, 1.807) is 37.5 Å². The molecule has 0 spiro atoms. The Hall–Kier alpha value is -4.52. The molecular weight excluding hydrogens is 554 g/mol. The lowest BCUT2D eigenvalue weighted by molar-refractivity contribution is -0.131. The maximum Gasteiger partial charge on any atom is 0.308 e. The smallest absolute Gasteiger partial charge is 0.308 e. The van der Waals surface area contributed by atoms with Crippen LogP contribution in [-0.2, 0) is 9.59 Å². The first-order chi connectivity index (χ1) is 20.7. The molecule has 3 aromatic carbocycles. The number of carbonyl (C=O) groups excluding carboxylic acids is 4. The monoisotopic (exact) mass is 601 g/mol. The van der Waals surface area contributed by atoms with E-state index in [4.69, 9.17) is 9.47 Å². The average Bonchev–Trinajstić information content (AvgIpc) is 2.99. The molecular formula is C37H47NO6. The number of methoxy groups -OCH3 is 1. The number of esters is 1. The van der Waals surface area contributed by atoms with E-state index in [9.17, 15) is 19.2 Å². The first-order valence-electron chi connectivity index (χ1n) is 14.7. The normalized spacial score (nSPS) is 10.5. The molecule has 0 aliphatic carbocycles. The van der Waals surface area contributed by atoms with Crippen molar-refractivity contribution in [2.45, 2.75) is 48.5 Å². The predicted octanol–water partition coefficient (Wildman–Crippen LogP) is 7.98. The molecule has 0 N–H and O–H groups in total. The molecule has 0 aliphatic rings. The Morgan fingerprint density at radius 2 is 1.25 bits per heavy atom. The Kier molecular flexibility index (Phi) is 16.1. The van der Waals surface area contributed by atoms with Crippen LogP contribution < -0.4 is 14.4 Å². The maximum atomic E-state index is 11.8. The van der Waals surface area contributed by atoms with Crippen LogP contribution in [0.25, 0.3) is 6.08 Å². The van der Waals surface area contributed by atoms with E-state index in [0.29, 0.717) is 11.3 Å². The second-order valence-corrected chi connectivity index (χ2v) is 11.2. The van der Waals surface area contributed by atoms with Gasteiger partial charge < -0.3 is 14.4 Å². The first-order valence-corrected chi connectivity index (χ1v) is 14.7. The number of carbonyl (C=O) groups is 4. The third kappa shape index (κ3) is 13.2. The molecule has 0 fully saturated rings. The van der Waals surface area contributed by atoms with Crippen LogP contribution >= 0.6 is 0 Å². The van der Waals surface area contributed by atoms with Crippen LogP contribution in [0.3, 0.4) is 0 Å². The number of hydrogen-bond acceptors (Lipinski definition) is 7. The molecule has 0 bridgehead atoms. The average molecular weight is 602 g/mol. The molecule has 3 aromatic rings. The van der Waals surface area contributed by atoms with Crippen molar-refractivity contribution in [3.8, 4) is 11.5 Å². The van der Waals surface area contributed by atoms with Crippen LogP contribution in [0.4, 0.5) is 5.69 Å². The van der Waals surface area contributed by atoms with E-state index in [0.717, 1.165) is 22.6 Å². The summed E-state index contributed by atoms with van der Waals surface area (Å²) in [5.41, 5.74) is 3.38. The summed E-state index contributed by atoms with van der Waals surface area (Å²) in [6, 6.07) is 22.1. The van der Waals surface area contributed by atoms with Gasteiger partial charge in [0.15, 0.2) is 17.3 Å². The SMILES string of the molecule is CC(=O)Oc1ccccc1C(=O)C(C)C.CC(C)C(=O)c1ccc(N(C)C)cc1.COc1ccc(/C=C/C(=O)C(C)C)cc1. The predicted molar refractivity (Wildman–Crippen MR) is 179 cm³/mol. The van der Waals surface area contributed by atoms with Crippen molar-refractivity contribution < 1.29 is 28.7 Å². The Morgan fingerprint density at radius 3 is 1.70 bits per heavy atom. The zero-order valence-corrected chi connectivity index (χ0v) is 27.7. The van der Waals surface area contributed by atoms with E-state index in [1.165, 1.54) is 6.92 Å². The second kappa shape index (κ2) is 18.9. The standard InChI is InChI=1S/C13H16O2.C12H17NO.C12H14O3/c1-10(2)13(14)9-6-11-4-7-12(15-3)8-5-11;1-9(2)12(14)10-5-7-11(8-6-10)13(3)4;1-8(2)12(14)10-6-4-5-7-11(10)15-9(3)13/h4-10H,1-3H3;5-9H,1-4H3;4-8H,1-3H3/b9-6+;;.